The lowest BCUT2D eigenvalue weighted by molar-refractivity contribution is 0.0691. The summed E-state index contributed by atoms with van der Waals surface area (Å²) in [6.45, 7) is 0. The molecule has 2 aromatic rings. The van der Waals surface area contributed by atoms with E-state index in [0.29, 0.717) is 5.03 Å². The number of carboxylic acid groups (broad SMARTS) is 1. The van der Waals surface area contributed by atoms with Gasteiger partial charge in [-0.2, -0.15) is 0 Å². The molecular weight excluding hydrogens is 245 g/mol. The zero-order chi connectivity index (χ0) is 12.3. The normalized spacial score (nSPS) is 10.2. The van der Waals surface area contributed by atoms with Crippen molar-refractivity contribution >= 4 is 17.7 Å². The topological polar surface area (TPSA) is 76.0 Å². The van der Waals surface area contributed by atoms with Crippen LogP contribution in [0, 0.1) is 5.82 Å². The molecule has 0 aliphatic rings. The second-order valence-electron chi connectivity index (χ2n) is 2.93. The van der Waals surface area contributed by atoms with Gasteiger partial charge in [-0.25, -0.2) is 19.2 Å². The average Bonchev–Trinajstić information content (AvgIpc) is 2.33. The Morgan fingerprint density at radius 3 is 2.76 bits per heavy atom. The Balaban J connectivity index is 2.34. The fraction of sp³-hybridized carbons (Fsp3) is 0. The summed E-state index contributed by atoms with van der Waals surface area (Å²) in [6, 6.07) is 1.11. The zero-order valence-electron chi connectivity index (χ0n) is 8.37. The molecule has 5 nitrogen and oxygen atoms in total. The Bertz CT molecular complexity index is 551. The van der Waals surface area contributed by atoms with E-state index in [4.69, 9.17) is 5.11 Å². The first-order valence-electron chi connectivity index (χ1n) is 4.50. The van der Waals surface area contributed by atoms with Crippen LogP contribution in [0.2, 0.25) is 0 Å². The van der Waals surface area contributed by atoms with Crippen molar-refractivity contribution < 1.29 is 14.3 Å². The van der Waals surface area contributed by atoms with Crippen molar-refractivity contribution in [1.29, 1.82) is 0 Å². The van der Waals surface area contributed by atoms with E-state index in [-0.39, 0.29) is 5.03 Å². The molecule has 0 bridgehead atoms. The lowest BCUT2D eigenvalue weighted by Gasteiger charge is -2.02. The van der Waals surface area contributed by atoms with E-state index in [1.54, 1.807) is 0 Å². The maximum absolute atomic E-state index is 13.7. The van der Waals surface area contributed by atoms with Crippen LogP contribution in [0.4, 0.5) is 4.39 Å². The van der Waals surface area contributed by atoms with Crippen molar-refractivity contribution in [1.82, 2.24) is 15.0 Å². The maximum atomic E-state index is 13.7. The largest absolute Gasteiger partial charge is 0.478 e. The van der Waals surface area contributed by atoms with Crippen molar-refractivity contribution in [2.75, 3.05) is 0 Å². The lowest BCUT2D eigenvalue weighted by Crippen LogP contribution is -2.02. The molecule has 2 rings (SSSR count). The van der Waals surface area contributed by atoms with Crippen LogP contribution in [0.15, 0.2) is 40.9 Å². The predicted molar refractivity (Wildman–Crippen MR) is 57.3 cm³/mol. The SMILES string of the molecule is O=C(O)c1ccnc(Sc2cnccn2)c1F. The number of rotatable bonds is 3. The molecule has 1 N–H and O–H groups in total. The Labute approximate surface area is 99.8 Å². The summed E-state index contributed by atoms with van der Waals surface area (Å²) in [4.78, 5) is 22.2. The highest BCUT2D eigenvalue weighted by atomic mass is 32.2. The van der Waals surface area contributed by atoms with Gasteiger partial charge in [0.1, 0.15) is 10.1 Å². The molecule has 86 valence electrons. The fourth-order valence-electron chi connectivity index (χ4n) is 1.10. The van der Waals surface area contributed by atoms with Gasteiger partial charge in [0.25, 0.3) is 0 Å². The lowest BCUT2D eigenvalue weighted by atomic mass is 10.3. The summed E-state index contributed by atoms with van der Waals surface area (Å²) in [5.74, 6) is -2.19. The standard InChI is InChI=1S/C10H6FN3O2S/c11-8-6(10(15)16)1-2-14-9(8)17-7-5-12-3-4-13-7/h1-5H,(H,15,16). The molecule has 0 aromatic carbocycles. The number of pyridine rings is 1. The van der Waals surface area contributed by atoms with Crippen LogP contribution in [-0.4, -0.2) is 26.0 Å². The fourth-order valence-corrected chi connectivity index (χ4v) is 1.84. The van der Waals surface area contributed by atoms with Crippen molar-refractivity contribution in [2.24, 2.45) is 0 Å². The molecule has 2 aromatic heterocycles. The maximum Gasteiger partial charge on any atom is 0.338 e. The van der Waals surface area contributed by atoms with Gasteiger partial charge in [-0.05, 0) is 17.8 Å². The second-order valence-corrected chi connectivity index (χ2v) is 3.94. The Morgan fingerprint density at radius 1 is 1.29 bits per heavy atom. The van der Waals surface area contributed by atoms with Gasteiger partial charge in [-0.3, -0.25) is 4.98 Å². The highest BCUT2D eigenvalue weighted by Gasteiger charge is 2.16. The first kappa shape index (κ1) is 11.5. The van der Waals surface area contributed by atoms with Gasteiger partial charge in [0.2, 0.25) is 0 Å². The second kappa shape index (κ2) is 4.88. The van der Waals surface area contributed by atoms with Crippen LogP contribution in [0.5, 0.6) is 0 Å². The van der Waals surface area contributed by atoms with E-state index in [0.717, 1.165) is 17.8 Å². The van der Waals surface area contributed by atoms with E-state index >= 15 is 0 Å². The van der Waals surface area contributed by atoms with Gasteiger partial charge in [-0.1, -0.05) is 0 Å². The van der Waals surface area contributed by atoms with E-state index < -0.39 is 17.3 Å². The number of carbonyl (C=O) groups is 1. The van der Waals surface area contributed by atoms with Crippen molar-refractivity contribution in [2.45, 2.75) is 10.1 Å². The number of halogens is 1. The zero-order valence-corrected chi connectivity index (χ0v) is 9.19. The molecule has 7 heteroatoms. The molecule has 17 heavy (non-hydrogen) atoms. The van der Waals surface area contributed by atoms with Gasteiger partial charge in [0, 0.05) is 18.6 Å². The molecule has 0 unspecified atom stereocenters. The molecule has 0 atom stereocenters. The third-order valence-electron chi connectivity index (χ3n) is 1.83. The molecule has 0 radical (unpaired) electrons. The van der Waals surface area contributed by atoms with E-state index in [1.165, 1.54) is 24.8 Å². The van der Waals surface area contributed by atoms with Crippen LogP contribution in [-0.2, 0) is 0 Å². The van der Waals surface area contributed by atoms with Gasteiger partial charge in [0.15, 0.2) is 5.82 Å². The predicted octanol–water partition coefficient (Wildman–Crippen LogP) is 1.86. The minimum atomic E-state index is -1.33. The number of hydrogen-bond donors (Lipinski definition) is 1. The van der Waals surface area contributed by atoms with Gasteiger partial charge >= 0.3 is 5.97 Å². The molecule has 0 spiro atoms. The van der Waals surface area contributed by atoms with Crippen molar-refractivity contribution in [3.05, 3.63) is 42.2 Å². The molecule has 0 fully saturated rings. The van der Waals surface area contributed by atoms with Gasteiger partial charge < -0.3 is 5.11 Å². The molecule has 0 saturated carbocycles. The van der Waals surface area contributed by atoms with Crippen LogP contribution in [0.25, 0.3) is 0 Å². The monoisotopic (exact) mass is 251 g/mol. The number of aromatic nitrogens is 3. The summed E-state index contributed by atoms with van der Waals surface area (Å²) in [5.41, 5.74) is -0.411. The minimum Gasteiger partial charge on any atom is -0.478 e. The number of aromatic carboxylic acids is 1. The molecule has 0 aliphatic heterocycles. The molecule has 0 amide bonds. The third kappa shape index (κ3) is 2.56. The summed E-state index contributed by atoms with van der Waals surface area (Å²) >= 11 is 0.923. The van der Waals surface area contributed by atoms with Crippen LogP contribution < -0.4 is 0 Å². The third-order valence-corrected chi connectivity index (χ3v) is 2.73. The molecule has 2 heterocycles. The van der Waals surface area contributed by atoms with Crippen molar-refractivity contribution in [3.8, 4) is 0 Å². The molecule has 0 aliphatic carbocycles. The number of hydrogen-bond acceptors (Lipinski definition) is 5. The smallest absolute Gasteiger partial charge is 0.338 e. The Kier molecular flexibility index (Phi) is 3.29. The quantitative estimate of drug-likeness (QED) is 0.897. The molecular formula is C10H6FN3O2S. The summed E-state index contributed by atoms with van der Waals surface area (Å²) < 4.78 is 13.7. The minimum absolute atomic E-state index is 0.0367. The average molecular weight is 251 g/mol. The first-order chi connectivity index (χ1) is 8.18. The van der Waals surface area contributed by atoms with Gasteiger partial charge in [0.05, 0.1) is 11.8 Å². The Morgan fingerprint density at radius 2 is 2.12 bits per heavy atom. The number of nitrogens with zero attached hydrogens (tertiary/aromatic N) is 3. The van der Waals surface area contributed by atoms with E-state index in [2.05, 4.69) is 15.0 Å². The number of carboxylic acids is 1. The molecule has 0 saturated heterocycles. The summed E-state index contributed by atoms with van der Waals surface area (Å²) in [5, 5.41) is 9.16. The van der Waals surface area contributed by atoms with E-state index in [9.17, 15) is 9.18 Å². The highest BCUT2D eigenvalue weighted by molar-refractivity contribution is 7.99. The van der Waals surface area contributed by atoms with Crippen LogP contribution in [0.1, 0.15) is 10.4 Å². The highest BCUT2D eigenvalue weighted by Crippen LogP contribution is 2.26. The summed E-state index contributed by atoms with van der Waals surface area (Å²) in [6.07, 6.45) is 5.63. The van der Waals surface area contributed by atoms with Crippen LogP contribution >= 0.6 is 11.8 Å². The van der Waals surface area contributed by atoms with E-state index in [1.807, 2.05) is 0 Å². The van der Waals surface area contributed by atoms with Gasteiger partial charge in [-0.15, -0.1) is 0 Å². The Hall–Kier alpha value is -2.02. The summed E-state index contributed by atoms with van der Waals surface area (Å²) in [7, 11) is 0. The first-order valence-corrected chi connectivity index (χ1v) is 5.32. The van der Waals surface area contributed by atoms with Crippen molar-refractivity contribution in [3.63, 3.8) is 0 Å². The van der Waals surface area contributed by atoms with Crippen LogP contribution in [0.3, 0.4) is 0 Å².